The van der Waals surface area contributed by atoms with E-state index in [-0.39, 0.29) is 23.2 Å². The van der Waals surface area contributed by atoms with Gasteiger partial charge in [-0.25, -0.2) is 24.2 Å². The molecule has 6 N–H and O–H groups in total. The number of alkyl halides is 3. The molecule has 17 heteroatoms. The summed E-state index contributed by atoms with van der Waals surface area (Å²) in [5.74, 6) is -5.66. The monoisotopic (exact) mass is 641 g/mol. The first-order valence-electron chi connectivity index (χ1n) is 12.7. The van der Waals surface area contributed by atoms with Crippen LogP contribution in [0.15, 0.2) is 60.8 Å². The number of carboxylic acid groups (broad SMARTS) is 4. The highest BCUT2D eigenvalue weighted by molar-refractivity contribution is 5.95. The molecule has 0 saturated carbocycles. The second kappa shape index (κ2) is 18.3. The van der Waals surface area contributed by atoms with Crippen molar-refractivity contribution in [3.8, 4) is 11.5 Å². The number of hydrogen-bond acceptors (Lipinski definition) is 9. The second-order valence-corrected chi connectivity index (χ2v) is 8.95. The Morgan fingerprint density at radius 1 is 0.933 bits per heavy atom. The molecule has 2 heterocycles. The van der Waals surface area contributed by atoms with Crippen LogP contribution in [0.25, 0.3) is 0 Å². The Labute approximate surface area is 253 Å². The van der Waals surface area contributed by atoms with Gasteiger partial charge < -0.3 is 35.6 Å². The maximum atomic E-state index is 12.9. The van der Waals surface area contributed by atoms with E-state index in [1.165, 1.54) is 31.5 Å². The maximum absolute atomic E-state index is 12.9. The smallest absolute Gasteiger partial charge is 0.416 e. The number of rotatable bonds is 9. The average Bonchev–Trinajstić information content (AvgIpc) is 2.96. The van der Waals surface area contributed by atoms with Gasteiger partial charge in [-0.3, -0.25) is 9.69 Å². The standard InChI is InChI=1S/C20H22F3N3O3.2C4H4O4/c1-29-16-5-8-24-17(18(16)27)19(28)25-15-6-9-26(10-7-15)12-13-3-2-4-14(11-13)20(21,22)23;2*5-3(6)1-2-4(7)8/h2-5,8,11,15,27H,6-7,9-10,12H2,1H3,(H,25,28);2*1-2H,(H,5,6)(H,7,8)/b;2*2-1-. The van der Waals surface area contributed by atoms with Crippen molar-refractivity contribution in [2.45, 2.75) is 31.6 Å². The first-order valence-corrected chi connectivity index (χ1v) is 12.7. The quantitative estimate of drug-likeness (QED) is 0.217. The SMILES string of the molecule is COc1ccnc(C(=O)NC2CCN(Cc3cccc(C(F)(F)F)c3)CC2)c1O.O=C(O)/C=C\C(=O)O.O=C(O)/C=C\C(=O)O. The third-order valence-corrected chi connectivity index (χ3v) is 5.64. The van der Waals surface area contributed by atoms with Crippen molar-refractivity contribution < 1.29 is 67.4 Å². The predicted molar refractivity (Wildman–Crippen MR) is 148 cm³/mol. The van der Waals surface area contributed by atoms with E-state index in [0.29, 0.717) is 62.3 Å². The van der Waals surface area contributed by atoms with Gasteiger partial charge in [0, 0.05) is 62.2 Å². The van der Waals surface area contributed by atoms with Gasteiger partial charge in [0.1, 0.15) is 0 Å². The molecule has 1 aromatic carbocycles. The Bertz CT molecular complexity index is 1340. The zero-order chi connectivity index (χ0) is 34.2. The molecule has 1 aliphatic heterocycles. The molecule has 3 rings (SSSR count). The van der Waals surface area contributed by atoms with Crippen molar-refractivity contribution >= 4 is 29.8 Å². The minimum Gasteiger partial charge on any atom is -0.503 e. The van der Waals surface area contributed by atoms with Crippen molar-refractivity contribution in [3.63, 3.8) is 0 Å². The van der Waals surface area contributed by atoms with Gasteiger partial charge in [0.2, 0.25) is 0 Å². The van der Waals surface area contributed by atoms with Gasteiger partial charge in [-0.15, -0.1) is 0 Å². The Balaban J connectivity index is 0.000000521. The number of amides is 1. The normalized spacial score (nSPS) is 13.6. The Kier molecular flexibility index (Phi) is 15.3. The van der Waals surface area contributed by atoms with Crippen molar-refractivity contribution in [2.75, 3.05) is 20.2 Å². The summed E-state index contributed by atoms with van der Waals surface area (Å²) in [7, 11) is 1.39. The van der Waals surface area contributed by atoms with Crippen molar-refractivity contribution in [1.82, 2.24) is 15.2 Å². The summed E-state index contributed by atoms with van der Waals surface area (Å²) >= 11 is 0. The van der Waals surface area contributed by atoms with Gasteiger partial charge in [-0.2, -0.15) is 13.2 Å². The Morgan fingerprint density at radius 2 is 1.44 bits per heavy atom. The fourth-order valence-corrected chi connectivity index (χ4v) is 3.65. The number of nitrogens with zero attached hydrogens (tertiary/aromatic N) is 2. The molecule has 0 atom stereocenters. The number of halogens is 3. The number of ether oxygens (including phenoxy) is 1. The molecule has 1 saturated heterocycles. The molecule has 1 aromatic heterocycles. The average molecular weight is 642 g/mol. The number of likely N-dealkylation sites (tertiary alicyclic amines) is 1. The van der Waals surface area contributed by atoms with Crippen LogP contribution in [0.3, 0.4) is 0 Å². The minimum absolute atomic E-state index is 0.101. The van der Waals surface area contributed by atoms with E-state index >= 15 is 0 Å². The van der Waals surface area contributed by atoms with E-state index < -0.39 is 41.5 Å². The summed E-state index contributed by atoms with van der Waals surface area (Å²) in [4.78, 5) is 56.6. The van der Waals surface area contributed by atoms with Gasteiger partial charge in [0.25, 0.3) is 5.91 Å². The zero-order valence-electron chi connectivity index (χ0n) is 23.6. The zero-order valence-corrected chi connectivity index (χ0v) is 23.6. The van der Waals surface area contributed by atoms with E-state index in [1.807, 2.05) is 0 Å². The van der Waals surface area contributed by atoms with Gasteiger partial charge in [-0.05, 0) is 24.5 Å². The number of piperidine rings is 1. The molecule has 2 aromatic rings. The highest BCUT2D eigenvalue weighted by atomic mass is 19.4. The fourth-order valence-electron chi connectivity index (χ4n) is 3.65. The van der Waals surface area contributed by atoms with Crippen LogP contribution in [0.4, 0.5) is 13.2 Å². The van der Waals surface area contributed by atoms with E-state index in [4.69, 9.17) is 25.2 Å². The van der Waals surface area contributed by atoms with Crippen LogP contribution >= 0.6 is 0 Å². The lowest BCUT2D eigenvalue weighted by atomic mass is 10.0. The molecule has 0 unspecified atom stereocenters. The lowest BCUT2D eigenvalue weighted by molar-refractivity contribution is -0.138. The number of methoxy groups -OCH3 is 1. The molecule has 0 aliphatic carbocycles. The fraction of sp³-hybridized carbons (Fsp3) is 0.286. The summed E-state index contributed by atoms with van der Waals surface area (Å²) in [6.07, 6.45) is 0.554. The number of benzene rings is 1. The van der Waals surface area contributed by atoms with Crippen LogP contribution in [0.1, 0.15) is 34.5 Å². The molecule has 14 nitrogen and oxygen atoms in total. The van der Waals surface area contributed by atoms with Crippen molar-refractivity contribution in [1.29, 1.82) is 0 Å². The van der Waals surface area contributed by atoms with E-state index in [0.717, 1.165) is 6.07 Å². The van der Waals surface area contributed by atoms with Crippen LogP contribution in [0.5, 0.6) is 11.5 Å². The third kappa shape index (κ3) is 15.0. The largest absolute Gasteiger partial charge is 0.503 e. The summed E-state index contributed by atoms with van der Waals surface area (Å²) in [6, 6.07) is 6.68. The van der Waals surface area contributed by atoms with Crippen LogP contribution in [0, 0.1) is 0 Å². The summed E-state index contributed by atoms with van der Waals surface area (Å²) in [5, 5.41) is 44.1. The number of carbonyl (C=O) groups excluding carboxylic acids is 1. The molecule has 0 bridgehead atoms. The Hall–Kier alpha value is -5.45. The number of aliphatic carboxylic acids is 4. The summed E-state index contributed by atoms with van der Waals surface area (Å²) in [6.45, 7) is 1.69. The highest BCUT2D eigenvalue weighted by Crippen LogP contribution is 2.30. The van der Waals surface area contributed by atoms with Gasteiger partial charge in [-0.1, -0.05) is 18.2 Å². The molecular weight excluding hydrogens is 611 g/mol. The maximum Gasteiger partial charge on any atom is 0.416 e. The minimum atomic E-state index is -4.35. The van der Waals surface area contributed by atoms with Crippen LogP contribution < -0.4 is 10.1 Å². The van der Waals surface area contributed by atoms with E-state index in [9.17, 15) is 42.3 Å². The second-order valence-electron chi connectivity index (χ2n) is 8.95. The van der Waals surface area contributed by atoms with Crippen molar-refractivity contribution in [2.24, 2.45) is 0 Å². The van der Waals surface area contributed by atoms with E-state index in [2.05, 4.69) is 15.2 Å². The van der Waals surface area contributed by atoms with Gasteiger partial charge in [0.15, 0.2) is 17.2 Å². The summed E-state index contributed by atoms with van der Waals surface area (Å²) in [5.41, 5.74) is -0.147. The summed E-state index contributed by atoms with van der Waals surface area (Å²) < 4.78 is 43.5. The van der Waals surface area contributed by atoms with Gasteiger partial charge in [0.05, 0.1) is 12.7 Å². The van der Waals surface area contributed by atoms with Crippen LogP contribution in [-0.2, 0) is 31.9 Å². The predicted octanol–water partition coefficient (Wildman–Crippen LogP) is 2.63. The molecule has 1 amide bonds. The highest BCUT2D eigenvalue weighted by Gasteiger charge is 2.30. The number of hydrogen-bond donors (Lipinski definition) is 6. The lowest BCUT2D eigenvalue weighted by Crippen LogP contribution is -2.44. The molecule has 0 spiro atoms. The number of aromatic nitrogens is 1. The third-order valence-electron chi connectivity index (χ3n) is 5.64. The van der Waals surface area contributed by atoms with Crippen LogP contribution in [0.2, 0.25) is 0 Å². The molecule has 45 heavy (non-hydrogen) atoms. The van der Waals surface area contributed by atoms with Crippen molar-refractivity contribution in [3.05, 3.63) is 77.7 Å². The van der Waals surface area contributed by atoms with Gasteiger partial charge >= 0.3 is 30.1 Å². The molecule has 1 aliphatic rings. The molecular formula is C28H30F3N3O11. The number of carboxylic acids is 4. The number of carbonyl (C=O) groups is 5. The lowest BCUT2D eigenvalue weighted by Gasteiger charge is -2.32. The number of aromatic hydroxyl groups is 1. The topological polar surface area (TPSA) is 224 Å². The van der Waals surface area contributed by atoms with E-state index in [1.54, 1.807) is 6.07 Å². The molecule has 244 valence electrons. The first kappa shape index (κ1) is 37.6. The van der Waals surface area contributed by atoms with Crippen LogP contribution in [-0.4, -0.2) is 91.4 Å². The Morgan fingerprint density at radius 3 is 1.89 bits per heavy atom. The molecule has 1 fully saturated rings. The number of nitrogens with one attached hydrogen (secondary N) is 1. The molecule has 0 radical (unpaired) electrons. The first-order chi connectivity index (χ1) is 21.0. The number of pyridine rings is 1.